The highest BCUT2D eigenvalue weighted by atomic mass is 16.3. The maximum atomic E-state index is 9.20. The van der Waals surface area contributed by atoms with Gasteiger partial charge in [-0.25, -0.2) is 0 Å². The summed E-state index contributed by atoms with van der Waals surface area (Å²) in [4.78, 5) is 26.5. The van der Waals surface area contributed by atoms with Crippen LogP contribution in [0.5, 0.6) is 0 Å². The molecule has 14 nitrogen and oxygen atoms in total. The van der Waals surface area contributed by atoms with Crippen molar-refractivity contribution in [2.24, 2.45) is 5.73 Å². The third kappa shape index (κ3) is 10.8. The first kappa shape index (κ1) is 32.2. The zero-order valence-electron chi connectivity index (χ0n) is 25.2. The largest absolute Gasteiger partial charge is 0.399 e. The van der Waals surface area contributed by atoms with E-state index in [0.717, 1.165) is 28.9 Å². The Bertz CT molecular complexity index is 1620. The van der Waals surface area contributed by atoms with Gasteiger partial charge in [0.15, 0.2) is 0 Å². The molecule has 4 rings (SSSR count). The van der Waals surface area contributed by atoms with Crippen molar-refractivity contribution in [1.82, 2.24) is 29.9 Å². The van der Waals surface area contributed by atoms with E-state index in [4.69, 9.17) is 11.5 Å². The Balaban J connectivity index is 1.32. The number of allylic oxidation sites excluding steroid dienone is 2. The van der Waals surface area contributed by atoms with Gasteiger partial charge in [0.05, 0.1) is 6.61 Å². The van der Waals surface area contributed by atoms with E-state index in [2.05, 4.69) is 69.6 Å². The van der Waals surface area contributed by atoms with Crippen molar-refractivity contribution in [3.8, 4) is 0 Å². The zero-order valence-corrected chi connectivity index (χ0v) is 25.2. The van der Waals surface area contributed by atoms with Crippen molar-refractivity contribution in [2.45, 2.75) is 19.8 Å². The van der Waals surface area contributed by atoms with Gasteiger partial charge >= 0.3 is 0 Å². The Hall–Kier alpha value is -5.76. The van der Waals surface area contributed by atoms with Crippen LogP contribution < -0.4 is 38.1 Å². The van der Waals surface area contributed by atoms with E-state index in [1.54, 1.807) is 24.3 Å². The molecule has 234 valence electrons. The van der Waals surface area contributed by atoms with Gasteiger partial charge < -0.3 is 43.2 Å². The molecule has 10 N–H and O–H groups in total. The number of rotatable bonds is 17. The second-order valence-electron chi connectivity index (χ2n) is 9.91. The standard InChI is InChI=1S/C31H39N13O/c1-4-22(18-20(2)32)12-14-34-27-37-21(3)38-30(42-27)39-25-10-8-23(9-11-25)13-15-35-28-41-29(36-16-17-45)44-31(43-28)40-26-7-5-6-24(33)19-26/h4-11,18-19,45H,1-2,12-17,32-33H2,3H3,(H2,34,37,38,39,42)(H3,35,36,40,41,43,44)/b22-18+. The summed E-state index contributed by atoms with van der Waals surface area (Å²) in [7, 11) is 0. The first-order valence-electron chi connectivity index (χ1n) is 14.4. The molecule has 0 saturated carbocycles. The number of aromatic nitrogens is 6. The van der Waals surface area contributed by atoms with Crippen molar-refractivity contribution in [1.29, 1.82) is 0 Å². The average Bonchev–Trinajstić information content (AvgIpc) is 3.00. The summed E-state index contributed by atoms with van der Waals surface area (Å²) in [5.74, 6) is 2.58. The molecular formula is C31H39N13O. The number of nitrogens with one attached hydrogen (secondary N) is 5. The van der Waals surface area contributed by atoms with Crippen LogP contribution in [0.4, 0.5) is 46.8 Å². The number of hydrogen-bond donors (Lipinski definition) is 8. The molecule has 14 heteroatoms. The van der Waals surface area contributed by atoms with Crippen LogP contribution in [0.25, 0.3) is 0 Å². The van der Waals surface area contributed by atoms with E-state index in [1.165, 1.54) is 0 Å². The minimum atomic E-state index is -0.0520. The summed E-state index contributed by atoms with van der Waals surface area (Å²) in [6.45, 7) is 10.8. The summed E-state index contributed by atoms with van der Waals surface area (Å²) in [6, 6.07) is 15.3. The van der Waals surface area contributed by atoms with Gasteiger partial charge in [0.1, 0.15) is 5.82 Å². The highest BCUT2D eigenvalue weighted by Gasteiger charge is 2.08. The van der Waals surface area contributed by atoms with Crippen LogP contribution in [-0.2, 0) is 6.42 Å². The Morgan fingerprint density at radius 1 is 0.800 bits per heavy atom. The average molecular weight is 610 g/mol. The topological polar surface area (TPSA) is 210 Å². The van der Waals surface area contributed by atoms with Crippen molar-refractivity contribution < 1.29 is 5.11 Å². The molecule has 0 aliphatic heterocycles. The van der Waals surface area contributed by atoms with Crippen molar-refractivity contribution in [3.05, 3.63) is 96.5 Å². The van der Waals surface area contributed by atoms with Crippen LogP contribution in [0.1, 0.15) is 17.8 Å². The lowest BCUT2D eigenvalue weighted by Crippen LogP contribution is -2.14. The second-order valence-corrected chi connectivity index (χ2v) is 9.91. The summed E-state index contributed by atoms with van der Waals surface area (Å²) in [5.41, 5.74) is 16.3. The molecule has 0 amide bonds. The Morgan fingerprint density at radius 3 is 2.07 bits per heavy atom. The summed E-state index contributed by atoms with van der Waals surface area (Å²) in [6.07, 6.45) is 4.96. The lowest BCUT2D eigenvalue weighted by atomic mass is 10.1. The van der Waals surface area contributed by atoms with E-state index < -0.39 is 0 Å². The molecule has 45 heavy (non-hydrogen) atoms. The van der Waals surface area contributed by atoms with Crippen LogP contribution in [0.15, 0.2) is 85.1 Å². The number of nitrogens with two attached hydrogens (primary N) is 2. The van der Waals surface area contributed by atoms with Gasteiger partial charge in [-0.15, -0.1) is 0 Å². The number of nitrogen functional groups attached to an aromatic ring is 1. The van der Waals surface area contributed by atoms with Crippen LogP contribution >= 0.6 is 0 Å². The van der Waals surface area contributed by atoms with Gasteiger partial charge in [-0.3, -0.25) is 0 Å². The number of nitrogens with zero attached hydrogens (tertiary/aromatic N) is 6. The minimum absolute atomic E-state index is 0.0520. The first-order chi connectivity index (χ1) is 21.8. The van der Waals surface area contributed by atoms with Gasteiger partial charge in [-0.2, -0.15) is 29.9 Å². The predicted octanol–water partition coefficient (Wildman–Crippen LogP) is 3.88. The molecule has 0 aliphatic rings. The van der Waals surface area contributed by atoms with Crippen LogP contribution in [-0.4, -0.2) is 61.3 Å². The molecule has 0 unspecified atom stereocenters. The SMILES string of the molecule is C=C/C(=C\C(=C)N)CCNc1nc(C)nc(Nc2ccc(CCNc3nc(NCCO)nc(Nc4cccc(N)c4)n3)cc2)n1. The number of hydrogen-bond acceptors (Lipinski definition) is 14. The molecule has 2 aromatic carbocycles. The zero-order chi connectivity index (χ0) is 32.0. The smallest absolute Gasteiger partial charge is 0.233 e. The highest BCUT2D eigenvalue weighted by molar-refractivity contribution is 5.61. The quantitative estimate of drug-likeness (QED) is 0.0631. The van der Waals surface area contributed by atoms with Crippen LogP contribution in [0.2, 0.25) is 0 Å². The normalized spacial score (nSPS) is 11.0. The van der Waals surface area contributed by atoms with Gasteiger partial charge in [0.25, 0.3) is 0 Å². The molecule has 0 saturated heterocycles. The maximum Gasteiger partial charge on any atom is 0.233 e. The number of aryl methyl sites for hydroxylation is 1. The molecule has 4 aromatic rings. The van der Waals surface area contributed by atoms with Crippen molar-refractivity contribution in [3.63, 3.8) is 0 Å². The van der Waals surface area contributed by atoms with E-state index in [1.807, 2.05) is 43.3 Å². The Morgan fingerprint density at radius 2 is 1.40 bits per heavy atom. The monoisotopic (exact) mass is 609 g/mol. The molecule has 0 spiro atoms. The van der Waals surface area contributed by atoms with E-state index in [-0.39, 0.29) is 6.61 Å². The molecule has 0 radical (unpaired) electrons. The summed E-state index contributed by atoms with van der Waals surface area (Å²) < 4.78 is 0. The molecule has 0 atom stereocenters. The Kier molecular flexibility index (Phi) is 11.6. The maximum absolute atomic E-state index is 9.20. The van der Waals surface area contributed by atoms with Crippen LogP contribution in [0.3, 0.4) is 0 Å². The van der Waals surface area contributed by atoms with Gasteiger partial charge in [0.2, 0.25) is 29.7 Å². The number of anilines is 8. The lowest BCUT2D eigenvalue weighted by molar-refractivity contribution is 0.311. The van der Waals surface area contributed by atoms with E-state index >= 15 is 0 Å². The Labute approximate surface area is 262 Å². The molecule has 2 heterocycles. The van der Waals surface area contributed by atoms with Crippen molar-refractivity contribution in [2.75, 3.05) is 58.6 Å². The fraction of sp³-hybridized carbons (Fsp3) is 0.226. The highest BCUT2D eigenvalue weighted by Crippen LogP contribution is 2.19. The van der Waals surface area contributed by atoms with Gasteiger partial charge in [-0.1, -0.05) is 37.4 Å². The molecule has 0 fully saturated rings. The number of aliphatic hydroxyl groups is 1. The predicted molar refractivity (Wildman–Crippen MR) is 181 cm³/mol. The van der Waals surface area contributed by atoms with E-state index in [9.17, 15) is 5.11 Å². The summed E-state index contributed by atoms with van der Waals surface area (Å²) >= 11 is 0. The lowest BCUT2D eigenvalue weighted by Gasteiger charge is -2.12. The third-order valence-electron chi connectivity index (χ3n) is 6.16. The van der Waals surface area contributed by atoms with Crippen LogP contribution in [0, 0.1) is 6.92 Å². The molecular weight excluding hydrogens is 570 g/mol. The number of aliphatic hydroxyl groups excluding tert-OH is 1. The number of benzene rings is 2. The van der Waals surface area contributed by atoms with Gasteiger partial charge in [0, 0.05) is 42.4 Å². The summed E-state index contributed by atoms with van der Waals surface area (Å²) in [5, 5.41) is 25.0. The third-order valence-corrected chi connectivity index (χ3v) is 6.16. The fourth-order valence-corrected chi connectivity index (χ4v) is 4.11. The molecule has 2 aromatic heterocycles. The molecule has 0 bridgehead atoms. The van der Waals surface area contributed by atoms with Crippen molar-refractivity contribution >= 4 is 46.8 Å². The van der Waals surface area contributed by atoms with E-state index in [0.29, 0.717) is 73.0 Å². The fourth-order valence-electron chi connectivity index (χ4n) is 4.11. The molecule has 0 aliphatic carbocycles. The minimum Gasteiger partial charge on any atom is -0.399 e. The van der Waals surface area contributed by atoms with Gasteiger partial charge in [-0.05, 0) is 67.3 Å². The second kappa shape index (κ2) is 16.2. The first-order valence-corrected chi connectivity index (χ1v) is 14.4.